The van der Waals surface area contributed by atoms with E-state index in [9.17, 15) is 4.79 Å². The lowest BCUT2D eigenvalue weighted by Gasteiger charge is -2.18. The van der Waals surface area contributed by atoms with Crippen molar-refractivity contribution in [2.45, 2.75) is 38.1 Å². The van der Waals surface area contributed by atoms with Gasteiger partial charge < -0.3 is 5.73 Å². The zero-order valence-electron chi connectivity index (χ0n) is 14.6. The molecule has 1 aromatic heterocycles. The zero-order chi connectivity index (χ0) is 17.9. The second-order valence-electron chi connectivity index (χ2n) is 6.84. The van der Waals surface area contributed by atoms with Crippen molar-refractivity contribution in [1.82, 2.24) is 15.0 Å². The number of benzene rings is 2. The third-order valence-corrected chi connectivity index (χ3v) is 5.10. The van der Waals surface area contributed by atoms with Gasteiger partial charge in [-0.3, -0.25) is 4.79 Å². The molecule has 0 saturated carbocycles. The smallest absolute Gasteiger partial charge is 0.242 e. The Labute approximate surface area is 152 Å². The van der Waals surface area contributed by atoms with Crippen LogP contribution in [0, 0.1) is 0 Å². The molecule has 1 amide bonds. The van der Waals surface area contributed by atoms with E-state index in [1.54, 1.807) is 4.68 Å². The van der Waals surface area contributed by atoms with E-state index in [4.69, 9.17) is 5.73 Å². The molecular weight excluding hydrogens is 324 g/mol. The summed E-state index contributed by atoms with van der Waals surface area (Å²) in [7, 11) is 0. The van der Waals surface area contributed by atoms with Gasteiger partial charge in [-0.1, -0.05) is 53.7 Å². The lowest BCUT2D eigenvalue weighted by molar-refractivity contribution is -0.121. The number of rotatable bonds is 5. The van der Waals surface area contributed by atoms with Crippen LogP contribution in [-0.4, -0.2) is 20.9 Å². The first kappa shape index (κ1) is 16.5. The number of nitrogens with two attached hydrogens (primary N) is 1. The molecule has 132 valence electrons. The van der Waals surface area contributed by atoms with Crippen LogP contribution >= 0.6 is 0 Å². The van der Waals surface area contributed by atoms with E-state index in [1.807, 2.05) is 36.5 Å². The standard InChI is InChI=1S/C21H22N4O/c22-21(26)20(13-15-7-2-1-3-8-15)25-14-19(23-24-25)18-12-6-10-16-9-4-5-11-17(16)18/h1-3,6-8,10,12,14,20H,4-5,9,11,13H2,(H2,22,26). The van der Waals surface area contributed by atoms with E-state index >= 15 is 0 Å². The Morgan fingerprint density at radius 1 is 1.08 bits per heavy atom. The first-order chi connectivity index (χ1) is 12.7. The van der Waals surface area contributed by atoms with E-state index in [0.29, 0.717) is 6.42 Å². The molecule has 5 nitrogen and oxygen atoms in total. The van der Waals surface area contributed by atoms with Gasteiger partial charge in [-0.25, -0.2) is 4.68 Å². The summed E-state index contributed by atoms with van der Waals surface area (Å²) in [4.78, 5) is 12.0. The molecular formula is C21H22N4O. The Bertz CT molecular complexity index is 917. The number of aromatic nitrogens is 3. The van der Waals surface area contributed by atoms with Crippen LogP contribution in [0.25, 0.3) is 11.3 Å². The normalized spacial score (nSPS) is 14.6. The number of hydrogen-bond acceptors (Lipinski definition) is 3. The van der Waals surface area contributed by atoms with Crippen LogP contribution < -0.4 is 5.73 Å². The Hall–Kier alpha value is -2.95. The molecule has 1 unspecified atom stereocenters. The van der Waals surface area contributed by atoms with Crippen molar-refractivity contribution >= 4 is 5.91 Å². The van der Waals surface area contributed by atoms with Crippen LogP contribution in [0.5, 0.6) is 0 Å². The molecule has 1 aliphatic carbocycles. The van der Waals surface area contributed by atoms with Gasteiger partial charge >= 0.3 is 0 Å². The predicted octanol–water partition coefficient (Wildman–Crippen LogP) is 3.09. The van der Waals surface area contributed by atoms with Crippen molar-refractivity contribution in [3.05, 3.63) is 71.4 Å². The molecule has 0 aliphatic heterocycles. The third-order valence-electron chi connectivity index (χ3n) is 5.10. The summed E-state index contributed by atoms with van der Waals surface area (Å²) in [5.74, 6) is -0.402. The first-order valence-corrected chi connectivity index (χ1v) is 9.08. The van der Waals surface area contributed by atoms with Crippen molar-refractivity contribution in [3.8, 4) is 11.3 Å². The molecule has 0 bridgehead atoms. The lowest BCUT2D eigenvalue weighted by atomic mass is 9.87. The van der Waals surface area contributed by atoms with Gasteiger partial charge in [0.2, 0.25) is 5.91 Å². The van der Waals surface area contributed by atoms with E-state index in [0.717, 1.165) is 29.7 Å². The van der Waals surface area contributed by atoms with Crippen LogP contribution in [0.15, 0.2) is 54.7 Å². The summed E-state index contributed by atoms with van der Waals surface area (Å²) < 4.78 is 1.60. The minimum Gasteiger partial charge on any atom is -0.368 e. The molecule has 1 atom stereocenters. The number of aryl methyl sites for hydroxylation is 1. The monoisotopic (exact) mass is 346 g/mol. The van der Waals surface area contributed by atoms with Crippen LogP contribution in [-0.2, 0) is 24.1 Å². The van der Waals surface area contributed by atoms with Gasteiger partial charge in [-0.15, -0.1) is 5.10 Å². The number of primary amides is 1. The number of fused-ring (bicyclic) bond motifs is 1. The predicted molar refractivity (Wildman–Crippen MR) is 100 cm³/mol. The Balaban J connectivity index is 1.65. The summed E-state index contributed by atoms with van der Waals surface area (Å²) in [6.07, 6.45) is 6.99. The fraction of sp³-hybridized carbons (Fsp3) is 0.286. The maximum atomic E-state index is 12.0. The van der Waals surface area contributed by atoms with Gasteiger partial charge in [-0.2, -0.15) is 0 Å². The highest BCUT2D eigenvalue weighted by Gasteiger charge is 2.22. The second kappa shape index (κ2) is 7.12. The van der Waals surface area contributed by atoms with Gasteiger partial charge in [-0.05, 0) is 42.4 Å². The maximum absolute atomic E-state index is 12.0. The molecule has 0 radical (unpaired) electrons. The Kier molecular flexibility index (Phi) is 4.52. The van der Waals surface area contributed by atoms with Crippen molar-refractivity contribution in [1.29, 1.82) is 0 Å². The van der Waals surface area contributed by atoms with Crippen molar-refractivity contribution in [2.75, 3.05) is 0 Å². The molecule has 2 aromatic carbocycles. The summed E-state index contributed by atoms with van der Waals surface area (Å²) in [5, 5.41) is 8.57. The SMILES string of the molecule is NC(=O)C(Cc1ccccc1)n1cc(-c2cccc3c2CCCC3)nn1. The van der Waals surface area contributed by atoms with E-state index in [2.05, 4.69) is 28.5 Å². The average Bonchev–Trinajstić information content (AvgIpc) is 3.16. The third kappa shape index (κ3) is 3.25. The lowest BCUT2D eigenvalue weighted by Crippen LogP contribution is -2.28. The molecule has 26 heavy (non-hydrogen) atoms. The molecule has 0 fully saturated rings. The van der Waals surface area contributed by atoms with E-state index in [-0.39, 0.29) is 0 Å². The van der Waals surface area contributed by atoms with Gasteiger partial charge in [0, 0.05) is 12.0 Å². The van der Waals surface area contributed by atoms with Gasteiger partial charge in [0.15, 0.2) is 0 Å². The van der Waals surface area contributed by atoms with Crippen LogP contribution in [0.1, 0.15) is 35.6 Å². The van der Waals surface area contributed by atoms with Gasteiger partial charge in [0.05, 0.1) is 6.20 Å². The Morgan fingerprint density at radius 2 is 1.88 bits per heavy atom. The fourth-order valence-corrected chi connectivity index (χ4v) is 3.74. The molecule has 1 aliphatic rings. The topological polar surface area (TPSA) is 73.8 Å². The number of nitrogens with zero attached hydrogens (tertiary/aromatic N) is 3. The summed E-state index contributed by atoms with van der Waals surface area (Å²) in [6.45, 7) is 0. The highest BCUT2D eigenvalue weighted by atomic mass is 16.1. The number of carbonyl (C=O) groups is 1. The van der Waals surface area contributed by atoms with Crippen LogP contribution in [0.4, 0.5) is 0 Å². The Morgan fingerprint density at radius 3 is 2.69 bits per heavy atom. The zero-order valence-corrected chi connectivity index (χ0v) is 14.6. The van der Waals surface area contributed by atoms with Gasteiger partial charge in [0.25, 0.3) is 0 Å². The number of carbonyl (C=O) groups excluding carboxylic acids is 1. The molecule has 0 saturated heterocycles. The van der Waals surface area contributed by atoms with Crippen molar-refractivity contribution < 1.29 is 4.79 Å². The highest BCUT2D eigenvalue weighted by Crippen LogP contribution is 2.30. The minimum atomic E-state index is -0.543. The van der Waals surface area contributed by atoms with E-state index in [1.165, 1.54) is 24.0 Å². The van der Waals surface area contributed by atoms with E-state index < -0.39 is 11.9 Å². The van der Waals surface area contributed by atoms with Crippen LogP contribution in [0.3, 0.4) is 0 Å². The maximum Gasteiger partial charge on any atom is 0.242 e. The first-order valence-electron chi connectivity index (χ1n) is 9.08. The quantitative estimate of drug-likeness (QED) is 0.771. The number of hydrogen-bond donors (Lipinski definition) is 1. The summed E-state index contributed by atoms with van der Waals surface area (Å²) >= 11 is 0. The highest BCUT2D eigenvalue weighted by molar-refractivity contribution is 5.78. The molecule has 3 aromatic rings. The fourth-order valence-electron chi connectivity index (χ4n) is 3.74. The minimum absolute atomic E-state index is 0.402. The summed E-state index contributed by atoms with van der Waals surface area (Å²) in [6, 6.07) is 15.7. The van der Waals surface area contributed by atoms with Crippen molar-refractivity contribution in [3.63, 3.8) is 0 Å². The second-order valence-corrected chi connectivity index (χ2v) is 6.84. The molecule has 4 rings (SSSR count). The average molecular weight is 346 g/mol. The van der Waals surface area contributed by atoms with Crippen molar-refractivity contribution in [2.24, 2.45) is 5.73 Å². The molecule has 1 heterocycles. The largest absolute Gasteiger partial charge is 0.368 e. The molecule has 5 heteroatoms. The van der Waals surface area contributed by atoms with Gasteiger partial charge in [0.1, 0.15) is 11.7 Å². The number of amides is 1. The van der Waals surface area contributed by atoms with Crippen LogP contribution in [0.2, 0.25) is 0 Å². The molecule has 2 N–H and O–H groups in total. The summed E-state index contributed by atoms with van der Waals surface area (Å²) in [5.41, 5.74) is 11.4. The molecule has 0 spiro atoms.